The average Bonchev–Trinajstić information content (AvgIpc) is 2.78. The Hall–Kier alpha value is -1.41. The van der Waals surface area contributed by atoms with Gasteiger partial charge in [0, 0.05) is 23.0 Å². The largest absolute Gasteiger partial charge is 0.327 e. The Kier molecular flexibility index (Phi) is 1.86. The van der Waals surface area contributed by atoms with Gasteiger partial charge in [0.15, 0.2) is 0 Å². The van der Waals surface area contributed by atoms with Crippen LogP contribution in [0, 0.1) is 5.41 Å². The first-order valence-corrected chi connectivity index (χ1v) is 5.72. The molecule has 0 unspecified atom stereocenters. The summed E-state index contributed by atoms with van der Waals surface area (Å²) in [4.78, 5) is 4.70. The van der Waals surface area contributed by atoms with Crippen LogP contribution in [-0.4, -0.2) is 11.0 Å². The van der Waals surface area contributed by atoms with Gasteiger partial charge in [-0.2, -0.15) is 0 Å². The predicted octanol–water partition coefficient (Wildman–Crippen LogP) is 2.69. The highest BCUT2D eigenvalue weighted by Gasteiger charge is 2.56. The van der Waals surface area contributed by atoms with Crippen molar-refractivity contribution >= 4 is 10.9 Å². The van der Waals surface area contributed by atoms with E-state index in [-0.39, 0.29) is 11.5 Å². The molecule has 0 saturated heterocycles. The van der Waals surface area contributed by atoms with Crippen LogP contribution >= 0.6 is 0 Å². The Morgan fingerprint density at radius 2 is 1.81 bits per heavy atom. The standard InChI is InChI=1S/C14H16N2/c1-14(2)12(13(14)15)11-8-7-9-5-3-4-6-10(9)16-11/h3-8,12-13H,15H2,1-2H3/t12-,13-/m1/s1. The first kappa shape index (κ1) is 9.79. The molecule has 1 aromatic heterocycles. The number of rotatable bonds is 1. The molecule has 2 heteroatoms. The van der Waals surface area contributed by atoms with Gasteiger partial charge in [0.1, 0.15) is 0 Å². The Labute approximate surface area is 95.5 Å². The van der Waals surface area contributed by atoms with Gasteiger partial charge in [-0.15, -0.1) is 0 Å². The number of pyridine rings is 1. The summed E-state index contributed by atoms with van der Waals surface area (Å²) in [6.07, 6.45) is 0. The van der Waals surface area contributed by atoms with E-state index >= 15 is 0 Å². The summed E-state index contributed by atoms with van der Waals surface area (Å²) in [5.41, 5.74) is 8.48. The van der Waals surface area contributed by atoms with Crippen molar-refractivity contribution < 1.29 is 0 Å². The predicted molar refractivity (Wildman–Crippen MR) is 66.2 cm³/mol. The first-order valence-electron chi connectivity index (χ1n) is 5.72. The zero-order valence-corrected chi connectivity index (χ0v) is 9.64. The zero-order chi connectivity index (χ0) is 11.3. The van der Waals surface area contributed by atoms with Crippen LogP contribution in [-0.2, 0) is 0 Å². The highest BCUT2D eigenvalue weighted by molar-refractivity contribution is 5.78. The smallest absolute Gasteiger partial charge is 0.0705 e. The summed E-state index contributed by atoms with van der Waals surface area (Å²) in [6.45, 7) is 4.42. The molecule has 2 N–H and O–H groups in total. The molecule has 0 aliphatic heterocycles. The van der Waals surface area contributed by atoms with Gasteiger partial charge in [-0.3, -0.25) is 4.98 Å². The number of aromatic nitrogens is 1. The molecule has 0 spiro atoms. The molecule has 3 rings (SSSR count). The summed E-state index contributed by atoms with van der Waals surface area (Å²) in [5, 5.41) is 1.19. The van der Waals surface area contributed by atoms with Gasteiger partial charge in [-0.05, 0) is 17.5 Å². The second-order valence-electron chi connectivity index (χ2n) is 5.25. The van der Waals surface area contributed by atoms with E-state index in [1.165, 1.54) is 5.39 Å². The molecule has 1 aliphatic carbocycles. The summed E-state index contributed by atoms with van der Waals surface area (Å²) < 4.78 is 0. The number of hydrogen-bond acceptors (Lipinski definition) is 2. The van der Waals surface area contributed by atoms with Crippen LogP contribution in [0.4, 0.5) is 0 Å². The number of para-hydroxylation sites is 1. The van der Waals surface area contributed by atoms with Gasteiger partial charge in [0.25, 0.3) is 0 Å². The van der Waals surface area contributed by atoms with E-state index in [0.717, 1.165) is 11.2 Å². The van der Waals surface area contributed by atoms with Gasteiger partial charge in [-0.1, -0.05) is 38.1 Å². The summed E-state index contributed by atoms with van der Waals surface area (Å²) >= 11 is 0. The van der Waals surface area contributed by atoms with Crippen molar-refractivity contribution in [2.75, 3.05) is 0 Å². The minimum absolute atomic E-state index is 0.204. The molecule has 0 amide bonds. The summed E-state index contributed by atoms with van der Waals surface area (Å²) in [5.74, 6) is 0.414. The number of fused-ring (bicyclic) bond motifs is 1. The quantitative estimate of drug-likeness (QED) is 0.789. The second-order valence-corrected chi connectivity index (χ2v) is 5.25. The third-order valence-electron chi connectivity index (χ3n) is 3.85. The van der Waals surface area contributed by atoms with E-state index in [9.17, 15) is 0 Å². The van der Waals surface area contributed by atoms with Crippen molar-refractivity contribution in [3.63, 3.8) is 0 Å². The Balaban J connectivity index is 2.07. The summed E-state index contributed by atoms with van der Waals surface area (Å²) in [7, 11) is 0. The lowest BCUT2D eigenvalue weighted by atomic mass is 10.1. The van der Waals surface area contributed by atoms with Gasteiger partial charge >= 0.3 is 0 Å². The van der Waals surface area contributed by atoms with Crippen molar-refractivity contribution in [1.29, 1.82) is 0 Å². The van der Waals surface area contributed by atoms with Crippen molar-refractivity contribution in [3.8, 4) is 0 Å². The zero-order valence-electron chi connectivity index (χ0n) is 9.64. The van der Waals surface area contributed by atoms with E-state index < -0.39 is 0 Å². The first-order chi connectivity index (χ1) is 7.60. The van der Waals surface area contributed by atoms with Crippen LogP contribution in [0.15, 0.2) is 36.4 Å². The molecule has 1 aromatic carbocycles. The lowest BCUT2D eigenvalue weighted by Gasteiger charge is -2.03. The van der Waals surface area contributed by atoms with Crippen LogP contribution in [0.3, 0.4) is 0 Å². The highest BCUT2D eigenvalue weighted by atomic mass is 14.9. The van der Waals surface area contributed by atoms with E-state index in [1.807, 2.05) is 12.1 Å². The fourth-order valence-electron chi connectivity index (χ4n) is 2.50. The highest BCUT2D eigenvalue weighted by Crippen LogP contribution is 2.56. The molecular formula is C14H16N2. The molecule has 0 bridgehead atoms. The Morgan fingerprint density at radius 1 is 1.12 bits per heavy atom. The molecule has 1 aliphatic rings. The number of nitrogens with zero attached hydrogens (tertiary/aromatic N) is 1. The fraction of sp³-hybridized carbons (Fsp3) is 0.357. The maximum atomic E-state index is 6.08. The van der Waals surface area contributed by atoms with E-state index in [1.54, 1.807) is 0 Å². The molecule has 1 heterocycles. The van der Waals surface area contributed by atoms with Crippen LogP contribution in [0.25, 0.3) is 10.9 Å². The Morgan fingerprint density at radius 3 is 2.50 bits per heavy atom. The van der Waals surface area contributed by atoms with Crippen LogP contribution in [0.1, 0.15) is 25.5 Å². The molecule has 82 valence electrons. The number of benzene rings is 1. The molecular weight excluding hydrogens is 196 g/mol. The third-order valence-corrected chi connectivity index (χ3v) is 3.85. The molecule has 1 fully saturated rings. The number of hydrogen-bond donors (Lipinski definition) is 1. The SMILES string of the molecule is CC1(C)[C@H](N)[C@H]1c1ccc2ccccc2n1. The average molecular weight is 212 g/mol. The Bertz CT molecular complexity index is 545. The second kappa shape index (κ2) is 3.05. The van der Waals surface area contributed by atoms with Crippen molar-refractivity contribution in [2.45, 2.75) is 25.8 Å². The number of nitrogens with two attached hydrogens (primary N) is 1. The van der Waals surface area contributed by atoms with Gasteiger partial charge in [0.2, 0.25) is 0 Å². The lowest BCUT2D eigenvalue weighted by molar-refractivity contribution is 0.596. The van der Waals surface area contributed by atoms with Gasteiger partial charge in [-0.25, -0.2) is 0 Å². The molecule has 1 saturated carbocycles. The van der Waals surface area contributed by atoms with Crippen molar-refractivity contribution in [1.82, 2.24) is 4.98 Å². The van der Waals surface area contributed by atoms with Crippen molar-refractivity contribution in [2.24, 2.45) is 11.1 Å². The topological polar surface area (TPSA) is 38.9 Å². The van der Waals surface area contributed by atoms with Crippen LogP contribution < -0.4 is 5.73 Å². The van der Waals surface area contributed by atoms with E-state index in [2.05, 4.69) is 38.1 Å². The molecule has 2 nitrogen and oxygen atoms in total. The molecule has 2 atom stereocenters. The van der Waals surface area contributed by atoms with E-state index in [0.29, 0.717) is 5.92 Å². The third kappa shape index (κ3) is 1.26. The normalized spacial score (nSPS) is 26.9. The fourth-order valence-corrected chi connectivity index (χ4v) is 2.50. The monoisotopic (exact) mass is 212 g/mol. The molecule has 0 radical (unpaired) electrons. The molecule has 2 aromatic rings. The summed E-state index contributed by atoms with van der Waals surface area (Å²) in [6, 6.07) is 12.7. The van der Waals surface area contributed by atoms with E-state index in [4.69, 9.17) is 10.7 Å². The van der Waals surface area contributed by atoms with Crippen molar-refractivity contribution in [3.05, 3.63) is 42.1 Å². The van der Waals surface area contributed by atoms with Crippen LogP contribution in [0.2, 0.25) is 0 Å². The minimum atomic E-state index is 0.204. The maximum absolute atomic E-state index is 6.08. The maximum Gasteiger partial charge on any atom is 0.0705 e. The lowest BCUT2D eigenvalue weighted by Crippen LogP contribution is -2.06. The van der Waals surface area contributed by atoms with Gasteiger partial charge < -0.3 is 5.73 Å². The van der Waals surface area contributed by atoms with Crippen LogP contribution in [0.5, 0.6) is 0 Å². The minimum Gasteiger partial charge on any atom is -0.327 e. The molecule has 16 heavy (non-hydrogen) atoms. The van der Waals surface area contributed by atoms with Gasteiger partial charge in [0.05, 0.1) is 5.52 Å².